The van der Waals surface area contributed by atoms with Crippen molar-refractivity contribution >= 4 is 5.84 Å². The van der Waals surface area contributed by atoms with E-state index in [0.717, 1.165) is 30.4 Å². The number of rotatable bonds is 3. The Kier molecular flexibility index (Phi) is 3.80. The monoisotopic (exact) mass is 258 g/mol. The highest BCUT2D eigenvalue weighted by molar-refractivity contribution is 5.99. The van der Waals surface area contributed by atoms with Crippen LogP contribution < -0.4 is 11.2 Å². The van der Waals surface area contributed by atoms with Gasteiger partial charge in [0.15, 0.2) is 0 Å². The molecule has 1 fully saturated rings. The Morgan fingerprint density at radius 1 is 1.21 bits per heavy atom. The van der Waals surface area contributed by atoms with E-state index >= 15 is 0 Å². The SMILES string of the molecule is NN1CCN=C1c1ccc(CC2CCNCC2)cc1. The first-order valence-corrected chi connectivity index (χ1v) is 7.19. The first kappa shape index (κ1) is 12.6. The summed E-state index contributed by atoms with van der Waals surface area (Å²) in [6.07, 6.45) is 3.79. The molecular weight excluding hydrogens is 236 g/mol. The van der Waals surface area contributed by atoms with Crippen LogP contribution >= 0.6 is 0 Å². The number of nitrogens with zero attached hydrogens (tertiary/aromatic N) is 2. The average Bonchev–Trinajstić information content (AvgIpc) is 2.87. The van der Waals surface area contributed by atoms with Crippen LogP contribution in [0.4, 0.5) is 0 Å². The first-order chi connectivity index (χ1) is 9.33. The molecule has 0 aliphatic carbocycles. The zero-order valence-corrected chi connectivity index (χ0v) is 11.3. The maximum atomic E-state index is 5.89. The molecule has 2 aliphatic rings. The van der Waals surface area contributed by atoms with Crippen molar-refractivity contribution in [1.82, 2.24) is 10.3 Å². The third-order valence-electron chi connectivity index (χ3n) is 4.07. The van der Waals surface area contributed by atoms with Crippen molar-refractivity contribution in [3.8, 4) is 0 Å². The van der Waals surface area contributed by atoms with E-state index in [4.69, 9.17) is 5.84 Å². The fourth-order valence-corrected chi connectivity index (χ4v) is 2.93. The molecule has 0 amide bonds. The summed E-state index contributed by atoms with van der Waals surface area (Å²) in [7, 11) is 0. The molecule has 0 radical (unpaired) electrons. The molecule has 2 heterocycles. The van der Waals surface area contributed by atoms with Gasteiger partial charge in [-0.05, 0) is 43.8 Å². The Balaban J connectivity index is 1.65. The molecule has 3 rings (SSSR count). The van der Waals surface area contributed by atoms with Crippen molar-refractivity contribution in [2.45, 2.75) is 19.3 Å². The van der Waals surface area contributed by atoms with Gasteiger partial charge in [0.05, 0.1) is 13.1 Å². The minimum atomic E-state index is 0.808. The van der Waals surface area contributed by atoms with E-state index in [1.165, 1.54) is 37.9 Å². The Bertz CT molecular complexity index is 446. The smallest absolute Gasteiger partial charge is 0.145 e. The van der Waals surface area contributed by atoms with Gasteiger partial charge in [0.25, 0.3) is 0 Å². The fraction of sp³-hybridized carbons (Fsp3) is 0.533. The maximum Gasteiger partial charge on any atom is 0.145 e. The summed E-state index contributed by atoms with van der Waals surface area (Å²) in [6, 6.07) is 8.76. The van der Waals surface area contributed by atoms with E-state index in [-0.39, 0.29) is 0 Å². The Morgan fingerprint density at radius 3 is 2.58 bits per heavy atom. The van der Waals surface area contributed by atoms with E-state index in [2.05, 4.69) is 34.6 Å². The summed E-state index contributed by atoms with van der Waals surface area (Å²) < 4.78 is 0. The van der Waals surface area contributed by atoms with Crippen LogP contribution in [-0.2, 0) is 6.42 Å². The van der Waals surface area contributed by atoms with Gasteiger partial charge in [-0.25, -0.2) is 5.84 Å². The standard InChI is InChI=1S/C15H22N4/c16-19-10-9-18-15(19)14-3-1-12(2-4-14)11-13-5-7-17-8-6-13/h1-4,13,17H,5-11,16H2. The van der Waals surface area contributed by atoms with Crippen molar-refractivity contribution in [3.63, 3.8) is 0 Å². The summed E-state index contributed by atoms with van der Waals surface area (Å²) in [5.41, 5.74) is 2.56. The molecule has 0 bridgehead atoms. The van der Waals surface area contributed by atoms with Crippen LogP contribution in [0, 0.1) is 5.92 Å². The predicted octanol–water partition coefficient (Wildman–Crippen LogP) is 1.16. The Labute approximate surface area is 114 Å². The predicted molar refractivity (Wildman–Crippen MR) is 78.0 cm³/mol. The normalized spacial score (nSPS) is 20.7. The largest absolute Gasteiger partial charge is 0.317 e. The molecule has 102 valence electrons. The molecule has 4 heteroatoms. The van der Waals surface area contributed by atoms with Crippen LogP contribution in [0.3, 0.4) is 0 Å². The molecule has 1 saturated heterocycles. The van der Waals surface area contributed by atoms with E-state index in [0.29, 0.717) is 0 Å². The van der Waals surface area contributed by atoms with Crippen LogP contribution in [0.2, 0.25) is 0 Å². The lowest BCUT2D eigenvalue weighted by Crippen LogP contribution is -2.34. The lowest BCUT2D eigenvalue weighted by Gasteiger charge is -2.22. The zero-order valence-electron chi connectivity index (χ0n) is 11.3. The second-order valence-corrected chi connectivity index (χ2v) is 5.49. The van der Waals surface area contributed by atoms with Gasteiger partial charge in [0, 0.05) is 5.56 Å². The van der Waals surface area contributed by atoms with E-state index in [1.807, 2.05) is 0 Å². The number of nitrogens with one attached hydrogen (secondary N) is 1. The average molecular weight is 258 g/mol. The number of amidine groups is 1. The van der Waals surface area contributed by atoms with Crippen LogP contribution in [-0.4, -0.2) is 37.0 Å². The second kappa shape index (κ2) is 5.72. The molecule has 1 aromatic rings. The van der Waals surface area contributed by atoms with Crippen molar-refractivity contribution in [2.24, 2.45) is 16.8 Å². The van der Waals surface area contributed by atoms with Crippen molar-refractivity contribution in [3.05, 3.63) is 35.4 Å². The number of benzene rings is 1. The van der Waals surface area contributed by atoms with Crippen molar-refractivity contribution < 1.29 is 0 Å². The summed E-state index contributed by atoms with van der Waals surface area (Å²) >= 11 is 0. The highest BCUT2D eigenvalue weighted by atomic mass is 15.5. The molecule has 0 aromatic heterocycles. The Hall–Kier alpha value is -1.39. The van der Waals surface area contributed by atoms with Gasteiger partial charge >= 0.3 is 0 Å². The van der Waals surface area contributed by atoms with Crippen LogP contribution in [0.25, 0.3) is 0 Å². The lowest BCUT2D eigenvalue weighted by molar-refractivity contribution is 0.372. The first-order valence-electron chi connectivity index (χ1n) is 7.19. The summed E-state index contributed by atoms with van der Waals surface area (Å²) in [5.74, 6) is 7.65. The quantitative estimate of drug-likeness (QED) is 0.800. The molecule has 2 aliphatic heterocycles. The summed E-state index contributed by atoms with van der Waals surface area (Å²) in [4.78, 5) is 4.44. The molecule has 0 atom stereocenters. The number of hydrazine groups is 1. The van der Waals surface area contributed by atoms with Crippen LogP contribution in [0.15, 0.2) is 29.3 Å². The van der Waals surface area contributed by atoms with Gasteiger partial charge in [-0.3, -0.25) is 10.0 Å². The second-order valence-electron chi connectivity index (χ2n) is 5.49. The topological polar surface area (TPSA) is 53.6 Å². The van der Waals surface area contributed by atoms with Gasteiger partial charge < -0.3 is 5.32 Å². The fourth-order valence-electron chi connectivity index (χ4n) is 2.93. The number of hydrogen-bond acceptors (Lipinski definition) is 4. The maximum absolute atomic E-state index is 5.89. The highest BCUT2D eigenvalue weighted by Gasteiger charge is 2.16. The summed E-state index contributed by atoms with van der Waals surface area (Å²) in [6.45, 7) is 3.97. The van der Waals surface area contributed by atoms with Crippen molar-refractivity contribution in [1.29, 1.82) is 0 Å². The summed E-state index contributed by atoms with van der Waals surface area (Å²) in [5, 5.41) is 5.15. The van der Waals surface area contributed by atoms with E-state index in [9.17, 15) is 0 Å². The molecular formula is C15H22N4. The molecule has 0 unspecified atom stereocenters. The number of hydrogen-bond donors (Lipinski definition) is 2. The van der Waals surface area contributed by atoms with E-state index < -0.39 is 0 Å². The minimum Gasteiger partial charge on any atom is -0.317 e. The van der Waals surface area contributed by atoms with E-state index in [1.54, 1.807) is 5.01 Å². The third-order valence-corrected chi connectivity index (χ3v) is 4.07. The zero-order chi connectivity index (χ0) is 13.1. The van der Waals surface area contributed by atoms with Gasteiger partial charge in [-0.15, -0.1) is 0 Å². The van der Waals surface area contributed by atoms with Crippen molar-refractivity contribution in [2.75, 3.05) is 26.2 Å². The molecule has 4 nitrogen and oxygen atoms in total. The minimum absolute atomic E-state index is 0.808. The lowest BCUT2D eigenvalue weighted by atomic mass is 9.91. The molecule has 1 aromatic carbocycles. The number of piperidine rings is 1. The van der Waals surface area contributed by atoms with Gasteiger partial charge in [-0.1, -0.05) is 24.3 Å². The van der Waals surface area contributed by atoms with Crippen LogP contribution in [0.1, 0.15) is 24.0 Å². The molecule has 0 saturated carbocycles. The highest BCUT2D eigenvalue weighted by Crippen LogP contribution is 2.19. The van der Waals surface area contributed by atoms with Gasteiger partial charge in [0.2, 0.25) is 0 Å². The third kappa shape index (κ3) is 2.96. The number of nitrogens with two attached hydrogens (primary N) is 1. The van der Waals surface area contributed by atoms with Crippen LogP contribution in [0.5, 0.6) is 0 Å². The molecule has 19 heavy (non-hydrogen) atoms. The van der Waals surface area contributed by atoms with Gasteiger partial charge in [0.1, 0.15) is 5.84 Å². The van der Waals surface area contributed by atoms with Gasteiger partial charge in [-0.2, -0.15) is 0 Å². The molecule has 0 spiro atoms. The molecule has 3 N–H and O–H groups in total. The number of aliphatic imine (C=N–C) groups is 1. The Morgan fingerprint density at radius 2 is 1.95 bits per heavy atom.